The fourth-order valence-corrected chi connectivity index (χ4v) is 2.94. The number of anilines is 1. The zero-order valence-electron chi connectivity index (χ0n) is 15.0. The second-order valence-electron chi connectivity index (χ2n) is 5.56. The van der Waals surface area contributed by atoms with Crippen LogP contribution in [0.2, 0.25) is 0 Å². The van der Waals surface area contributed by atoms with Crippen LogP contribution in [0, 0.1) is 6.92 Å². The Labute approximate surface area is 161 Å². The molecule has 3 N–H and O–H groups in total. The number of benzene rings is 2. The highest BCUT2D eigenvalue weighted by Crippen LogP contribution is 2.26. The molecular weight excluding hydrogens is 368 g/mol. The molecule has 0 saturated heterocycles. The topological polar surface area (TPSA) is 108 Å². The average molecular weight is 388 g/mol. The van der Waals surface area contributed by atoms with E-state index in [0.717, 1.165) is 5.56 Å². The maximum atomic E-state index is 12.1. The largest absolute Gasteiger partial charge is 0.496 e. The zero-order chi connectivity index (χ0) is 19.8. The van der Waals surface area contributed by atoms with Crippen LogP contribution in [-0.2, 0) is 14.3 Å². The highest BCUT2D eigenvalue weighted by molar-refractivity contribution is 8.00. The molecular formula is C19H20N2O5S. The van der Waals surface area contributed by atoms with E-state index in [1.54, 1.807) is 42.5 Å². The lowest BCUT2D eigenvalue weighted by Gasteiger charge is -2.11. The van der Waals surface area contributed by atoms with Crippen LogP contribution in [0.5, 0.6) is 5.75 Å². The Bertz CT molecular complexity index is 854. The molecule has 0 radical (unpaired) electrons. The number of aryl methyl sites for hydroxylation is 1. The number of ether oxygens (including phenoxy) is 2. The molecule has 0 aliphatic carbocycles. The van der Waals surface area contributed by atoms with Crippen molar-refractivity contribution in [3.8, 4) is 5.75 Å². The third kappa shape index (κ3) is 6.03. The first-order valence-corrected chi connectivity index (χ1v) is 9.01. The van der Waals surface area contributed by atoms with Crippen LogP contribution in [0.15, 0.2) is 47.4 Å². The number of amides is 2. The zero-order valence-corrected chi connectivity index (χ0v) is 15.8. The molecule has 8 heteroatoms. The van der Waals surface area contributed by atoms with Crippen LogP contribution >= 0.6 is 11.8 Å². The number of hydrogen-bond acceptors (Lipinski definition) is 6. The summed E-state index contributed by atoms with van der Waals surface area (Å²) in [6, 6.07) is 11.9. The van der Waals surface area contributed by atoms with Gasteiger partial charge in [0.05, 0.1) is 24.1 Å². The van der Waals surface area contributed by atoms with Crippen molar-refractivity contribution >= 4 is 35.2 Å². The lowest BCUT2D eigenvalue weighted by Crippen LogP contribution is -2.21. The second kappa shape index (κ2) is 9.63. The molecule has 0 unspecified atom stereocenters. The normalized spacial score (nSPS) is 10.1. The molecule has 0 bridgehead atoms. The van der Waals surface area contributed by atoms with Crippen molar-refractivity contribution in [3.05, 3.63) is 53.6 Å². The second-order valence-corrected chi connectivity index (χ2v) is 6.58. The summed E-state index contributed by atoms with van der Waals surface area (Å²) in [5.74, 6) is -0.913. The van der Waals surface area contributed by atoms with E-state index < -0.39 is 24.4 Å². The molecule has 0 heterocycles. The number of carbonyl (C=O) groups is 3. The van der Waals surface area contributed by atoms with Gasteiger partial charge in [0.2, 0.25) is 5.91 Å². The molecule has 0 spiro atoms. The van der Waals surface area contributed by atoms with E-state index in [4.69, 9.17) is 15.2 Å². The Morgan fingerprint density at radius 1 is 1.15 bits per heavy atom. The number of para-hydroxylation sites is 1. The molecule has 0 aliphatic rings. The number of thioether (sulfide) groups is 1. The van der Waals surface area contributed by atoms with E-state index in [1.165, 1.54) is 18.9 Å². The van der Waals surface area contributed by atoms with Gasteiger partial charge in [-0.3, -0.25) is 9.59 Å². The Kier molecular flexibility index (Phi) is 7.25. The van der Waals surface area contributed by atoms with Gasteiger partial charge in [-0.2, -0.15) is 0 Å². The van der Waals surface area contributed by atoms with Crippen molar-refractivity contribution in [2.24, 2.45) is 5.73 Å². The van der Waals surface area contributed by atoms with E-state index >= 15 is 0 Å². The molecule has 27 heavy (non-hydrogen) atoms. The summed E-state index contributed by atoms with van der Waals surface area (Å²) in [4.78, 5) is 35.8. The van der Waals surface area contributed by atoms with Crippen molar-refractivity contribution in [2.45, 2.75) is 11.8 Å². The SMILES string of the molecule is COc1cc(C(=O)OCC(=O)Nc2ccccc2SCC(N)=O)ccc1C. The van der Waals surface area contributed by atoms with Gasteiger partial charge in [-0.25, -0.2) is 4.79 Å². The number of methoxy groups -OCH3 is 1. The highest BCUT2D eigenvalue weighted by Gasteiger charge is 2.13. The minimum Gasteiger partial charge on any atom is -0.496 e. The molecule has 2 rings (SSSR count). The monoisotopic (exact) mass is 388 g/mol. The van der Waals surface area contributed by atoms with Crippen molar-refractivity contribution in [1.29, 1.82) is 0 Å². The predicted molar refractivity (Wildman–Crippen MR) is 103 cm³/mol. The molecule has 2 aromatic rings. The van der Waals surface area contributed by atoms with Crippen LogP contribution in [0.25, 0.3) is 0 Å². The van der Waals surface area contributed by atoms with Gasteiger partial charge in [0.25, 0.3) is 5.91 Å². The summed E-state index contributed by atoms with van der Waals surface area (Å²) in [6.07, 6.45) is 0. The number of esters is 1. The number of nitrogens with one attached hydrogen (secondary N) is 1. The smallest absolute Gasteiger partial charge is 0.338 e. The van der Waals surface area contributed by atoms with Gasteiger partial charge >= 0.3 is 5.97 Å². The van der Waals surface area contributed by atoms with Crippen molar-refractivity contribution in [2.75, 3.05) is 24.8 Å². The number of nitrogens with two attached hydrogens (primary N) is 1. The molecule has 0 fully saturated rings. The third-order valence-electron chi connectivity index (χ3n) is 3.51. The van der Waals surface area contributed by atoms with Gasteiger partial charge < -0.3 is 20.5 Å². The highest BCUT2D eigenvalue weighted by atomic mass is 32.2. The molecule has 2 amide bonds. The third-order valence-corrected chi connectivity index (χ3v) is 4.61. The summed E-state index contributed by atoms with van der Waals surface area (Å²) in [5, 5.41) is 2.66. The number of primary amides is 1. The molecule has 0 saturated carbocycles. The Balaban J connectivity index is 1.95. The van der Waals surface area contributed by atoms with Gasteiger partial charge in [0, 0.05) is 4.90 Å². The van der Waals surface area contributed by atoms with Gasteiger partial charge in [0.1, 0.15) is 5.75 Å². The molecule has 142 valence electrons. The van der Waals surface area contributed by atoms with Crippen LogP contribution in [0.1, 0.15) is 15.9 Å². The minimum atomic E-state index is -0.625. The summed E-state index contributed by atoms with van der Waals surface area (Å²) >= 11 is 1.21. The summed E-state index contributed by atoms with van der Waals surface area (Å²) < 4.78 is 10.2. The molecule has 0 atom stereocenters. The van der Waals surface area contributed by atoms with Crippen LogP contribution in [0.3, 0.4) is 0 Å². The first-order valence-electron chi connectivity index (χ1n) is 8.02. The van der Waals surface area contributed by atoms with E-state index in [-0.39, 0.29) is 5.75 Å². The molecule has 0 aliphatic heterocycles. The van der Waals surface area contributed by atoms with Crippen LogP contribution in [-0.4, -0.2) is 37.3 Å². The lowest BCUT2D eigenvalue weighted by molar-refractivity contribution is -0.119. The van der Waals surface area contributed by atoms with Gasteiger partial charge in [-0.15, -0.1) is 11.8 Å². The van der Waals surface area contributed by atoms with Crippen LogP contribution in [0.4, 0.5) is 5.69 Å². The van der Waals surface area contributed by atoms with Gasteiger partial charge in [-0.05, 0) is 36.8 Å². The molecule has 2 aromatic carbocycles. The minimum absolute atomic E-state index is 0.0944. The van der Waals surface area contributed by atoms with E-state index in [9.17, 15) is 14.4 Å². The molecule has 7 nitrogen and oxygen atoms in total. The predicted octanol–water partition coefficient (Wildman–Crippen LogP) is 2.38. The van der Waals surface area contributed by atoms with E-state index in [0.29, 0.717) is 21.9 Å². The average Bonchev–Trinajstić information content (AvgIpc) is 2.65. The summed E-state index contributed by atoms with van der Waals surface area (Å²) in [5.41, 5.74) is 6.84. The first-order chi connectivity index (χ1) is 12.9. The first kappa shape index (κ1) is 20.3. The van der Waals surface area contributed by atoms with Crippen LogP contribution < -0.4 is 15.8 Å². The summed E-state index contributed by atoms with van der Waals surface area (Å²) in [7, 11) is 1.51. The molecule has 0 aromatic heterocycles. The number of rotatable bonds is 8. The van der Waals surface area contributed by atoms with Crippen molar-refractivity contribution in [1.82, 2.24) is 0 Å². The Morgan fingerprint density at radius 2 is 1.89 bits per heavy atom. The maximum Gasteiger partial charge on any atom is 0.338 e. The quantitative estimate of drug-likeness (QED) is 0.531. The Hall–Kier alpha value is -3.00. The number of carbonyl (C=O) groups excluding carboxylic acids is 3. The van der Waals surface area contributed by atoms with Crippen molar-refractivity contribution in [3.63, 3.8) is 0 Å². The fraction of sp³-hybridized carbons (Fsp3) is 0.211. The van der Waals surface area contributed by atoms with Gasteiger partial charge in [-0.1, -0.05) is 18.2 Å². The standard InChI is InChI=1S/C19H20N2O5S/c1-12-7-8-13(9-15(12)25-2)19(24)26-10-18(23)21-14-5-3-4-6-16(14)27-11-17(20)22/h3-9H,10-11H2,1-2H3,(H2,20,22)(H,21,23). The van der Waals surface area contributed by atoms with E-state index in [2.05, 4.69) is 5.32 Å². The lowest BCUT2D eigenvalue weighted by atomic mass is 10.1. The summed E-state index contributed by atoms with van der Waals surface area (Å²) in [6.45, 7) is 1.42. The van der Waals surface area contributed by atoms with Crippen molar-refractivity contribution < 1.29 is 23.9 Å². The van der Waals surface area contributed by atoms with E-state index in [1.807, 2.05) is 6.92 Å². The van der Waals surface area contributed by atoms with Gasteiger partial charge in [0.15, 0.2) is 6.61 Å². The Morgan fingerprint density at radius 3 is 2.59 bits per heavy atom. The maximum absolute atomic E-state index is 12.1. The number of hydrogen-bond donors (Lipinski definition) is 2. The fourth-order valence-electron chi connectivity index (χ4n) is 2.19.